The predicted molar refractivity (Wildman–Crippen MR) is 88.7 cm³/mol. The summed E-state index contributed by atoms with van der Waals surface area (Å²) < 4.78 is 6.18. The first-order chi connectivity index (χ1) is 10.9. The summed E-state index contributed by atoms with van der Waals surface area (Å²) in [4.78, 5) is 4.88. The highest BCUT2D eigenvalue weighted by Crippen LogP contribution is 2.33. The van der Waals surface area contributed by atoms with Gasteiger partial charge >= 0.3 is 0 Å². The van der Waals surface area contributed by atoms with E-state index in [1.807, 2.05) is 12.1 Å². The molecule has 0 spiro atoms. The maximum Gasteiger partial charge on any atom is 0.100 e. The van der Waals surface area contributed by atoms with Crippen LogP contribution in [0.3, 0.4) is 0 Å². The Balaban J connectivity index is 1.62. The van der Waals surface area contributed by atoms with E-state index in [0.29, 0.717) is 6.61 Å². The smallest absolute Gasteiger partial charge is 0.100 e. The number of pyridine rings is 1. The second-order valence-corrected chi connectivity index (χ2v) is 5.90. The largest absolute Gasteiger partial charge is 0.367 e. The Kier molecular flexibility index (Phi) is 3.61. The quantitative estimate of drug-likeness (QED) is 0.689. The van der Waals surface area contributed by atoms with Crippen molar-refractivity contribution in [2.75, 3.05) is 0 Å². The van der Waals surface area contributed by atoms with E-state index in [1.54, 1.807) is 0 Å². The van der Waals surface area contributed by atoms with Gasteiger partial charge in [0.2, 0.25) is 0 Å². The summed E-state index contributed by atoms with van der Waals surface area (Å²) in [5.41, 5.74) is 4.77. The number of aryl methyl sites for hydroxylation is 1. The van der Waals surface area contributed by atoms with Gasteiger partial charge in [-0.25, -0.2) is 4.98 Å². The van der Waals surface area contributed by atoms with Crippen molar-refractivity contribution in [1.82, 2.24) is 4.98 Å². The molecule has 110 valence electrons. The number of ether oxygens (including phenoxy) is 1. The van der Waals surface area contributed by atoms with Crippen molar-refractivity contribution in [3.8, 4) is 0 Å². The van der Waals surface area contributed by atoms with E-state index in [2.05, 4.69) is 48.5 Å². The minimum absolute atomic E-state index is 0.119. The Morgan fingerprint density at radius 3 is 2.73 bits per heavy atom. The fraction of sp³-hybridized carbons (Fsp3) is 0.250. The summed E-state index contributed by atoms with van der Waals surface area (Å²) in [6.07, 6.45) is 3.46. The summed E-state index contributed by atoms with van der Waals surface area (Å²) in [6, 6.07) is 21.0. The minimum atomic E-state index is 0.119. The van der Waals surface area contributed by atoms with E-state index in [9.17, 15) is 0 Å². The van der Waals surface area contributed by atoms with Crippen LogP contribution < -0.4 is 0 Å². The molecule has 2 aromatic carbocycles. The second-order valence-electron chi connectivity index (χ2n) is 5.90. The molecule has 0 amide bonds. The van der Waals surface area contributed by atoms with Gasteiger partial charge in [0.1, 0.15) is 6.10 Å². The Hall–Kier alpha value is -2.19. The number of fused-ring (bicyclic) bond motifs is 2. The maximum atomic E-state index is 6.18. The van der Waals surface area contributed by atoms with Crippen LogP contribution >= 0.6 is 0 Å². The molecule has 0 saturated carbocycles. The van der Waals surface area contributed by atoms with Gasteiger partial charge in [-0.1, -0.05) is 48.5 Å². The predicted octanol–water partition coefficient (Wildman–Crippen LogP) is 4.83. The maximum absolute atomic E-state index is 6.18. The Morgan fingerprint density at radius 2 is 1.82 bits per heavy atom. The molecule has 2 heteroatoms. The van der Waals surface area contributed by atoms with E-state index in [-0.39, 0.29) is 6.10 Å². The zero-order valence-corrected chi connectivity index (χ0v) is 12.5. The molecule has 1 atom stereocenters. The van der Waals surface area contributed by atoms with Crippen LogP contribution in [0.2, 0.25) is 0 Å². The lowest BCUT2D eigenvalue weighted by Crippen LogP contribution is -2.15. The van der Waals surface area contributed by atoms with Gasteiger partial charge in [0, 0.05) is 5.39 Å². The Labute approximate surface area is 130 Å². The summed E-state index contributed by atoms with van der Waals surface area (Å²) in [7, 11) is 0. The molecule has 22 heavy (non-hydrogen) atoms. The molecule has 0 fully saturated rings. The van der Waals surface area contributed by atoms with E-state index >= 15 is 0 Å². The topological polar surface area (TPSA) is 22.1 Å². The number of hydrogen-bond acceptors (Lipinski definition) is 2. The lowest BCUT2D eigenvalue weighted by Gasteiger charge is -2.25. The van der Waals surface area contributed by atoms with Crippen molar-refractivity contribution in [2.45, 2.75) is 32.0 Å². The summed E-state index contributed by atoms with van der Waals surface area (Å²) in [6.45, 7) is 0.652. The fourth-order valence-electron chi connectivity index (χ4n) is 3.20. The molecule has 1 aromatic heterocycles. The molecule has 3 aromatic rings. The lowest BCUT2D eigenvalue weighted by atomic mass is 9.92. The summed E-state index contributed by atoms with van der Waals surface area (Å²) >= 11 is 0. The van der Waals surface area contributed by atoms with E-state index < -0.39 is 0 Å². The monoisotopic (exact) mass is 289 g/mol. The first-order valence-corrected chi connectivity index (χ1v) is 7.94. The first kappa shape index (κ1) is 13.5. The number of rotatable bonds is 3. The van der Waals surface area contributed by atoms with Crippen LogP contribution in [0, 0.1) is 0 Å². The van der Waals surface area contributed by atoms with Crippen LogP contribution in [0.1, 0.15) is 35.8 Å². The Bertz CT molecular complexity index is 782. The van der Waals surface area contributed by atoms with Gasteiger partial charge in [-0.15, -0.1) is 0 Å². The first-order valence-electron chi connectivity index (χ1n) is 7.94. The fourth-order valence-corrected chi connectivity index (χ4v) is 3.20. The number of para-hydroxylation sites is 1. The lowest BCUT2D eigenvalue weighted by molar-refractivity contribution is 0.0255. The molecule has 0 N–H and O–H groups in total. The molecule has 1 heterocycles. The molecular weight excluding hydrogens is 270 g/mol. The minimum Gasteiger partial charge on any atom is -0.367 e. The molecule has 1 aliphatic carbocycles. The van der Waals surface area contributed by atoms with Crippen molar-refractivity contribution in [2.24, 2.45) is 0 Å². The molecule has 0 saturated heterocycles. The van der Waals surface area contributed by atoms with Crippen LogP contribution in [0.15, 0.2) is 60.7 Å². The average Bonchev–Trinajstić information content (AvgIpc) is 2.59. The van der Waals surface area contributed by atoms with E-state index in [4.69, 9.17) is 9.72 Å². The standard InChI is InChI=1S/C20H19NO/c1-2-7-15(8-3-1)14-22-19-12-6-10-17-13-16-9-4-5-11-18(16)21-20(17)19/h1-5,7-9,11,13,19H,6,10,12,14H2. The number of nitrogens with zero attached hydrogens (tertiary/aromatic N) is 1. The molecule has 0 bridgehead atoms. The molecule has 2 nitrogen and oxygen atoms in total. The van der Waals surface area contributed by atoms with E-state index in [0.717, 1.165) is 24.1 Å². The number of benzene rings is 2. The molecule has 4 rings (SSSR count). The zero-order chi connectivity index (χ0) is 14.8. The highest BCUT2D eigenvalue weighted by Gasteiger charge is 2.23. The van der Waals surface area contributed by atoms with Crippen molar-refractivity contribution in [3.63, 3.8) is 0 Å². The van der Waals surface area contributed by atoms with Gasteiger partial charge in [-0.05, 0) is 42.5 Å². The summed E-state index contributed by atoms with van der Waals surface area (Å²) in [5, 5.41) is 1.23. The summed E-state index contributed by atoms with van der Waals surface area (Å²) in [5.74, 6) is 0. The van der Waals surface area contributed by atoms with Gasteiger partial charge in [-0.3, -0.25) is 0 Å². The van der Waals surface area contributed by atoms with Gasteiger partial charge in [-0.2, -0.15) is 0 Å². The highest BCUT2D eigenvalue weighted by molar-refractivity contribution is 5.79. The van der Waals surface area contributed by atoms with Gasteiger partial charge in [0.25, 0.3) is 0 Å². The Morgan fingerprint density at radius 1 is 1.00 bits per heavy atom. The van der Waals surface area contributed by atoms with Gasteiger partial charge < -0.3 is 4.74 Å². The van der Waals surface area contributed by atoms with Crippen molar-refractivity contribution in [3.05, 3.63) is 77.5 Å². The van der Waals surface area contributed by atoms with Crippen molar-refractivity contribution >= 4 is 10.9 Å². The third-order valence-corrected chi connectivity index (χ3v) is 4.35. The van der Waals surface area contributed by atoms with Gasteiger partial charge in [0.05, 0.1) is 17.8 Å². The van der Waals surface area contributed by atoms with E-state index in [1.165, 1.54) is 22.9 Å². The molecule has 0 aliphatic heterocycles. The highest BCUT2D eigenvalue weighted by atomic mass is 16.5. The number of aromatic nitrogens is 1. The molecule has 0 radical (unpaired) electrons. The normalized spacial score (nSPS) is 17.4. The average molecular weight is 289 g/mol. The van der Waals surface area contributed by atoms with Gasteiger partial charge in [0.15, 0.2) is 0 Å². The van der Waals surface area contributed by atoms with Crippen molar-refractivity contribution in [1.29, 1.82) is 0 Å². The third kappa shape index (κ3) is 2.62. The van der Waals surface area contributed by atoms with Crippen LogP contribution in [-0.4, -0.2) is 4.98 Å². The number of hydrogen-bond donors (Lipinski definition) is 0. The molecule has 1 aliphatic rings. The second kappa shape index (κ2) is 5.90. The van der Waals surface area contributed by atoms with Crippen LogP contribution in [0.25, 0.3) is 10.9 Å². The van der Waals surface area contributed by atoms with Crippen LogP contribution in [0.4, 0.5) is 0 Å². The van der Waals surface area contributed by atoms with Crippen molar-refractivity contribution < 1.29 is 4.74 Å². The third-order valence-electron chi connectivity index (χ3n) is 4.35. The molecular formula is C20H19NO. The zero-order valence-electron chi connectivity index (χ0n) is 12.5. The van der Waals surface area contributed by atoms with Crippen LogP contribution in [0.5, 0.6) is 0 Å². The SMILES string of the molecule is c1ccc(COC2CCCc3cc4ccccc4nc32)cc1. The van der Waals surface area contributed by atoms with Crippen LogP contribution in [-0.2, 0) is 17.8 Å². The molecule has 1 unspecified atom stereocenters.